The van der Waals surface area contributed by atoms with E-state index in [9.17, 15) is 4.79 Å². The fraction of sp³-hybridized carbons (Fsp3) is 0.524. The Morgan fingerprint density at radius 3 is 2.61 bits per heavy atom. The minimum Gasteiger partial charge on any atom is -0.471 e. The van der Waals surface area contributed by atoms with E-state index in [0.717, 1.165) is 30.9 Å². The first-order valence-electron chi connectivity index (χ1n) is 10.7. The molecule has 0 N–H and O–H groups in total. The van der Waals surface area contributed by atoms with Crippen LogP contribution in [0.4, 0.5) is 4.79 Å². The van der Waals surface area contributed by atoms with Crippen LogP contribution in [-0.2, 0) is 6.54 Å². The lowest BCUT2D eigenvalue weighted by molar-refractivity contribution is 0.0992. The zero-order chi connectivity index (χ0) is 21.5. The van der Waals surface area contributed by atoms with Gasteiger partial charge in [-0.2, -0.15) is 4.98 Å². The number of rotatable bonds is 4. The molecule has 0 bridgehead atoms. The first kappa shape index (κ1) is 19.7. The summed E-state index contributed by atoms with van der Waals surface area (Å²) < 4.78 is 8.23. The maximum atomic E-state index is 12.6. The van der Waals surface area contributed by atoms with E-state index in [1.165, 1.54) is 6.33 Å². The van der Waals surface area contributed by atoms with E-state index >= 15 is 0 Å². The zero-order valence-corrected chi connectivity index (χ0v) is 18.0. The van der Waals surface area contributed by atoms with Gasteiger partial charge in [0.05, 0.1) is 12.1 Å². The standard InChI is InChI=1S/C21H26N8O2/c1-4-29-18(15-7-22-14(3)23-8-15)26-17-19(29)24-12-25-20(17)31-16-5-6-27(11-16)21(30)28-9-13(2)10-28/h7-8,12-13,16H,4-6,9-11H2,1-3H3/t16-/m0/s1. The molecule has 5 heterocycles. The third-order valence-corrected chi connectivity index (χ3v) is 5.88. The van der Waals surface area contributed by atoms with Gasteiger partial charge in [0.1, 0.15) is 24.1 Å². The molecule has 10 heteroatoms. The molecule has 0 aromatic carbocycles. The van der Waals surface area contributed by atoms with Crippen LogP contribution in [0.5, 0.6) is 5.88 Å². The van der Waals surface area contributed by atoms with E-state index in [4.69, 9.17) is 9.72 Å². The quantitative estimate of drug-likeness (QED) is 0.635. The van der Waals surface area contributed by atoms with Crippen molar-refractivity contribution in [1.29, 1.82) is 0 Å². The van der Waals surface area contributed by atoms with Gasteiger partial charge in [-0.15, -0.1) is 0 Å². The lowest BCUT2D eigenvalue weighted by Crippen LogP contribution is -2.53. The Hall–Kier alpha value is -3.30. The zero-order valence-electron chi connectivity index (χ0n) is 18.0. The number of aromatic nitrogens is 6. The van der Waals surface area contributed by atoms with Gasteiger partial charge in [0.15, 0.2) is 11.2 Å². The second kappa shape index (κ2) is 7.75. The summed E-state index contributed by atoms with van der Waals surface area (Å²) in [5.74, 6) is 2.48. The van der Waals surface area contributed by atoms with E-state index < -0.39 is 0 Å². The third-order valence-electron chi connectivity index (χ3n) is 5.88. The lowest BCUT2D eigenvalue weighted by Gasteiger charge is -2.39. The molecule has 0 unspecified atom stereocenters. The first-order chi connectivity index (χ1) is 15.0. The molecule has 0 aliphatic carbocycles. The van der Waals surface area contributed by atoms with E-state index in [0.29, 0.717) is 48.4 Å². The van der Waals surface area contributed by atoms with Gasteiger partial charge in [-0.3, -0.25) is 0 Å². The predicted molar refractivity (Wildman–Crippen MR) is 113 cm³/mol. The number of carbonyl (C=O) groups is 1. The molecule has 10 nitrogen and oxygen atoms in total. The van der Waals surface area contributed by atoms with Crippen molar-refractivity contribution in [3.8, 4) is 17.3 Å². The molecule has 2 saturated heterocycles. The summed E-state index contributed by atoms with van der Waals surface area (Å²) in [6.45, 7) is 9.67. The number of hydrogen-bond donors (Lipinski definition) is 0. The van der Waals surface area contributed by atoms with Gasteiger partial charge in [-0.05, 0) is 19.8 Å². The summed E-state index contributed by atoms with van der Waals surface area (Å²) in [6, 6.07) is 0.106. The highest BCUT2D eigenvalue weighted by molar-refractivity contribution is 5.81. The molecule has 2 aliphatic rings. The summed E-state index contributed by atoms with van der Waals surface area (Å²) in [5.41, 5.74) is 2.14. The van der Waals surface area contributed by atoms with Gasteiger partial charge in [-0.25, -0.2) is 24.7 Å². The maximum Gasteiger partial charge on any atom is 0.320 e. The van der Waals surface area contributed by atoms with Gasteiger partial charge < -0.3 is 19.1 Å². The topological polar surface area (TPSA) is 102 Å². The highest BCUT2D eigenvalue weighted by Gasteiger charge is 2.35. The van der Waals surface area contributed by atoms with Crippen LogP contribution in [0.2, 0.25) is 0 Å². The predicted octanol–water partition coefficient (Wildman–Crippen LogP) is 2.14. The smallest absolute Gasteiger partial charge is 0.320 e. The minimum atomic E-state index is -0.112. The van der Waals surface area contributed by atoms with Crippen molar-refractivity contribution in [3.05, 3.63) is 24.5 Å². The number of likely N-dealkylation sites (tertiary alicyclic amines) is 2. The van der Waals surface area contributed by atoms with Crippen molar-refractivity contribution in [1.82, 2.24) is 39.3 Å². The number of fused-ring (bicyclic) bond motifs is 1. The Labute approximate surface area is 180 Å². The Morgan fingerprint density at radius 2 is 1.90 bits per heavy atom. The monoisotopic (exact) mass is 422 g/mol. The molecule has 0 radical (unpaired) electrons. The number of hydrogen-bond acceptors (Lipinski definition) is 7. The van der Waals surface area contributed by atoms with Crippen molar-refractivity contribution in [3.63, 3.8) is 0 Å². The van der Waals surface area contributed by atoms with Crippen molar-refractivity contribution in [2.45, 2.75) is 39.8 Å². The van der Waals surface area contributed by atoms with Crippen LogP contribution in [0.25, 0.3) is 22.6 Å². The maximum absolute atomic E-state index is 12.6. The first-order valence-corrected chi connectivity index (χ1v) is 10.7. The van der Waals surface area contributed by atoms with Crippen molar-refractivity contribution in [2.75, 3.05) is 26.2 Å². The number of urea groups is 1. The molecule has 2 fully saturated rings. The average Bonchev–Trinajstić information content (AvgIpc) is 3.36. The number of ether oxygens (including phenoxy) is 1. The van der Waals surface area contributed by atoms with Crippen LogP contribution < -0.4 is 4.74 Å². The molecule has 5 rings (SSSR count). The van der Waals surface area contributed by atoms with Gasteiger partial charge in [0.25, 0.3) is 0 Å². The van der Waals surface area contributed by atoms with Crippen LogP contribution in [-0.4, -0.2) is 77.6 Å². The fourth-order valence-corrected chi connectivity index (χ4v) is 4.24. The molecule has 162 valence electrons. The molecule has 31 heavy (non-hydrogen) atoms. The number of aryl methyl sites for hydroxylation is 2. The second-order valence-corrected chi connectivity index (χ2v) is 8.32. The molecule has 3 aromatic heterocycles. The van der Waals surface area contributed by atoms with Gasteiger partial charge in [0, 0.05) is 45.0 Å². The fourth-order valence-electron chi connectivity index (χ4n) is 4.24. The Bertz CT molecular complexity index is 1110. The van der Waals surface area contributed by atoms with Crippen LogP contribution in [0.1, 0.15) is 26.1 Å². The summed E-state index contributed by atoms with van der Waals surface area (Å²) in [7, 11) is 0. The third kappa shape index (κ3) is 3.55. The minimum absolute atomic E-state index is 0.106. The number of amides is 2. The molecule has 2 aliphatic heterocycles. The molecule has 3 aromatic rings. The van der Waals surface area contributed by atoms with Crippen molar-refractivity contribution in [2.24, 2.45) is 5.92 Å². The number of imidazole rings is 1. The summed E-state index contributed by atoms with van der Waals surface area (Å²) in [4.78, 5) is 38.5. The average molecular weight is 422 g/mol. The van der Waals surface area contributed by atoms with Gasteiger partial charge in [-0.1, -0.05) is 6.92 Å². The molecule has 2 amide bonds. The van der Waals surface area contributed by atoms with Crippen LogP contribution in [0.3, 0.4) is 0 Å². The van der Waals surface area contributed by atoms with Crippen molar-refractivity contribution < 1.29 is 9.53 Å². The molecular formula is C21H26N8O2. The van der Waals surface area contributed by atoms with E-state index in [2.05, 4.69) is 26.9 Å². The largest absolute Gasteiger partial charge is 0.471 e. The number of nitrogens with zero attached hydrogens (tertiary/aromatic N) is 8. The van der Waals surface area contributed by atoms with Crippen LogP contribution in [0, 0.1) is 12.8 Å². The van der Waals surface area contributed by atoms with E-state index in [-0.39, 0.29) is 12.1 Å². The summed E-state index contributed by atoms with van der Waals surface area (Å²) in [6.07, 6.45) is 5.69. The summed E-state index contributed by atoms with van der Waals surface area (Å²) in [5, 5.41) is 0. The van der Waals surface area contributed by atoms with E-state index in [1.807, 2.05) is 28.2 Å². The van der Waals surface area contributed by atoms with Crippen LogP contribution in [0.15, 0.2) is 18.7 Å². The molecule has 1 atom stereocenters. The normalized spacial score (nSPS) is 19.1. The summed E-state index contributed by atoms with van der Waals surface area (Å²) >= 11 is 0. The number of carbonyl (C=O) groups excluding carboxylic acids is 1. The Balaban J connectivity index is 1.38. The lowest BCUT2D eigenvalue weighted by atomic mass is 10.0. The Morgan fingerprint density at radius 1 is 1.13 bits per heavy atom. The molecular weight excluding hydrogens is 396 g/mol. The van der Waals surface area contributed by atoms with Crippen molar-refractivity contribution >= 4 is 17.2 Å². The van der Waals surface area contributed by atoms with Gasteiger partial charge >= 0.3 is 6.03 Å². The second-order valence-electron chi connectivity index (χ2n) is 8.32. The van der Waals surface area contributed by atoms with Gasteiger partial charge in [0.2, 0.25) is 5.88 Å². The van der Waals surface area contributed by atoms with Crippen LogP contribution >= 0.6 is 0 Å². The SMILES string of the molecule is CCn1c(-c2cnc(C)nc2)nc2c(O[C@H]3CCN(C(=O)N4CC(C)C4)C3)ncnc21. The highest BCUT2D eigenvalue weighted by Crippen LogP contribution is 2.29. The van der Waals surface area contributed by atoms with E-state index in [1.54, 1.807) is 12.4 Å². The molecule has 0 saturated carbocycles. The highest BCUT2D eigenvalue weighted by atomic mass is 16.5. The Kier molecular flexibility index (Phi) is 4.91. The molecule has 0 spiro atoms.